The summed E-state index contributed by atoms with van der Waals surface area (Å²) < 4.78 is 2.18. The summed E-state index contributed by atoms with van der Waals surface area (Å²) in [6.07, 6.45) is 11.2. The van der Waals surface area contributed by atoms with Crippen LogP contribution in [0.25, 0.3) is 10.9 Å². The van der Waals surface area contributed by atoms with Crippen molar-refractivity contribution in [3.05, 3.63) is 36.0 Å². The van der Waals surface area contributed by atoms with Crippen LogP contribution in [0.15, 0.2) is 30.5 Å². The minimum Gasteiger partial charge on any atom is -0.336 e. The van der Waals surface area contributed by atoms with Gasteiger partial charge in [0.05, 0.1) is 6.54 Å². The van der Waals surface area contributed by atoms with Crippen molar-refractivity contribution in [2.75, 3.05) is 6.54 Å². The Balaban J connectivity index is 1.98. The van der Waals surface area contributed by atoms with Crippen molar-refractivity contribution in [1.82, 2.24) is 9.88 Å². The van der Waals surface area contributed by atoms with E-state index in [1.807, 2.05) is 0 Å². The van der Waals surface area contributed by atoms with Crippen LogP contribution >= 0.6 is 0 Å². The standard InChI is InChI=1S/C19H26N2/c1-5-14-21-15-16(17-11-6-7-12-18(17)21)10-8-9-13-20-19(2,3)4/h1,6-7,11-12,15,20H,8-10,13-14H2,2-4H3. The fraction of sp³-hybridized carbons (Fsp3) is 0.474. The van der Waals surface area contributed by atoms with E-state index in [1.165, 1.54) is 29.3 Å². The predicted molar refractivity (Wildman–Crippen MR) is 91.5 cm³/mol. The van der Waals surface area contributed by atoms with Crippen LogP contribution in [0.1, 0.15) is 39.2 Å². The maximum Gasteiger partial charge on any atom is 0.0835 e. The quantitative estimate of drug-likeness (QED) is 0.626. The lowest BCUT2D eigenvalue weighted by Crippen LogP contribution is -2.36. The Labute approximate surface area is 128 Å². The summed E-state index contributed by atoms with van der Waals surface area (Å²) in [6.45, 7) is 8.35. The average Bonchev–Trinajstić information content (AvgIpc) is 2.77. The smallest absolute Gasteiger partial charge is 0.0835 e. The van der Waals surface area contributed by atoms with E-state index in [9.17, 15) is 0 Å². The third kappa shape index (κ3) is 4.37. The normalized spacial score (nSPS) is 11.7. The van der Waals surface area contributed by atoms with Crippen molar-refractivity contribution in [2.24, 2.45) is 0 Å². The molecule has 0 aliphatic carbocycles. The molecule has 1 aromatic carbocycles. The maximum atomic E-state index is 5.46. The fourth-order valence-corrected chi connectivity index (χ4v) is 2.66. The number of hydrogen-bond donors (Lipinski definition) is 1. The van der Waals surface area contributed by atoms with Gasteiger partial charge in [0.15, 0.2) is 0 Å². The van der Waals surface area contributed by atoms with Gasteiger partial charge in [0.1, 0.15) is 0 Å². The molecule has 0 bridgehead atoms. The Bertz CT molecular complexity index is 623. The van der Waals surface area contributed by atoms with Crippen molar-refractivity contribution in [1.29, 1.82) is 0 Å². The summed E-state index contributed by atoms with van der Waals surface area (Å²) in [5.41, 5.74) is 2.87. The number of hydrogen-bond acceptors (Lipinski definition) is 1. The van der Waals surface area contributed by atoms with Gasteiger partial charge >= 0.3 is 0 Å². The van der Waals surface area contributed by atoms with E-state index in [-0.39, 0.29) is 5.54 Å². The molecule has 0 amide bonds. The minimum atomic E-state index is 0.211. The third-order valence-electron chi connectivity index (χ3n) is 3.66. The molecular weight excluding hydrogens is 256 g/mol. The number of benzene rings is 1. The molecule has 2 aromatic rings. The van der Waals surface area contributed by atoms with Crippen molar-refractivity contribution >= 4 is 10.9 Å². The molecule has 0 aliphatic rings. The van der Waals surface area contributed by atoms with Gasteiger partial charge in [0.2, 0.25) is 0 Å². The van der Waals surface area contributed by atoms with Crippen LogP contribution in [-0.2, 0) is 13.0 Å². The van der Waals surface area contributed by atoms with E-state index in [4.69, 9.17) is 6.42 Å². The summed E-state index contributed by atoms with van der Waals surface area (Å²) in [6, 6.07) is 8.53. The molecule has 0 fully saturated rings. The van der Waals surface area contributed by atoms with Crippen LogP contribution in [0.5, 0.6) is 0 Å². The van der Waals surface area contributed by atoms with Gasteiger partial charge in [-0.3, -0.25) is 0 Å². The SMILES string of the molecule is C#CCn1cc(CCCCNC(C)(C)C)c2ccccc21. The zero-order chi connectivity index (χ0) is 15.3. The highest BCUT2D eigenvalue weighted by atomic mass is 14.9. The maximum absolute atomic E-state index is 5.46. The van der Waals surface area contributed by atoms with E-state index in [0.29, 0.717) is 6.54 Å². The molecule has 2 heteroatoms. The first-order valence-corrected chi connectivity index (χ1v) is 7.76. The molecule has 2 nitrogen and oxygen atoms in total. The molecule has 0 saturated carbocycles. The number of para-hydroxylation sites is 1. The number of aryl methyl sites for hydroxylation is 1. The molecule has 0 saturated heterocycles. The molecule has 0 radical (unpaired) electrons. The number of fused-ring (bicyclic) bond motifs is 1. The topological polar surface area (TPSA) is 17.0 Å². The second-order valence-corrected chi connectivity index (χ2v) is 6.64. The Kier molecular flexibility index (Phi) is 5.09. The van der Waals surface area contributed by atoms with Gasteiger partial charge in [-0.05, 0) is 58.2 Å². The Morgan fingerprint density at radius 2 is 1.95 bits per heavy atom. The molecule has 0 unspecified atom stereocenters. The molecule has 0 aliphatic heterocycles. The molecule has 2 rings (SSSR count). The third-order valence-corrected chi connectivity index (χ3v) is 3.66. The van der Waals surface area contributed by atoms with Crippen molar-refractivity contribution < 1.29 is 0 Å². The number of nitrogens with zero attached hydrogens (tertiary/aromatic N) is 1. The molecule has 1 aromatic heterocycles. The van der Waals surface area contributed by atoms with Gasteiger partial charge in [-0.1, -0.05) is 24.1 Å². The summed E-state index contributed by atoms with van der Waals surface area (Å²) >= 11 is 0. The summed E-state index contributed by atoms with van der Waals surface area (Å²) in [5.74, 6) is 2.74. The summed E-state index contributed by atoms with van der Waals surface area (Å²) in [7, 11) is 0. The number of nitrogens with one attached hydrogen (secondary N) is 1. The molecule has 112 valence electrons. The van der Waals surface area contributed by atoms with Crippen LogP contribution in [-0.4, -0.2) is 16.7 Å². The predicted octanol–water partition coefficient (Wildman–Crippen LogP) is 3.99. The average molecular weight is 282 g/mol. The zero-order valence-electron chi connectivity index (χ0n) is 13.4. The molecule has 0 atom stereocenters. The van der Waals surface area contributed by atoms with Crippen LogP contribution < -0.4 is 5.32 Å². The minimum absolute atomic E-state index is 0.211. The second-order valence-electron chi connectivity index (χ2n) is 6.64. The Morgan fingerprint density at radius 3 is 2.67 bits per heavy atom. The van der Waals surface area contributed by atoms with Gasteiger partial charge in [0, 0.05) is 22.6 Å². The lowest BCUT2D eigenvalue weighted by molar-refractivity contribution is 0.419. The van der Waals surface area contributed by atoms with E-state index in [1.54, 1.807) is 0 Å². The van der Waals surface area contributed by atoms with Gasteiger partial charge in [-0.2, -0.15) is 0 Å². The second kappa shape index (κ2) is 6.83. The lowest BCUT2D eigenvalue weighted by Gasteiger charge is -2.20. The van der Waals surface area contributed by atoms with Crippen LogP contribution in [0.2, 0.25) is 0 Å². The highest BCUT2D eigenvalue weighted by Crippen LogP contribution is 2.22. The summed E-state index contributed by atoms with van der Waals surface area (Å²) in [4.78, 5) is 0. The number of terminal acetylenes is 1. The van der Waals surface area contributed by atoms with E-state index < -0.39 is 0 Å². The molecule has 1 N–H and O–H groups in total. The first-order valence-electron chi connectivity index (χ1n) is 7.76. The first-order chi connectivity index (χ1) is 10.0. The number of unbranched alkanes of at least 4 members (excludes halogenated alkanes) is 1. The van der Waals surface area contributed by atoms with Crippen molar-refractivity contribution in [3.8, 4) is 12.3 Å². The lowest BCUT2D eigenvalue weighted by atomic mass is 10.1. The monoisotopic (exact) mass is 282 g/mol. The van der Waals surface area contributed by atoms with Crippen LogP contribution in [0, 0.1) is 12.3 Å². The highest BCUT2D eigenvalue weighted by Gasteiger charge is 2.09. The fourth-order valence-electron chi connectivity index (χ4n) is 2.66. The van der Waals surface area contributed by atoms with E-state index >= 15 is 0 Å². The van der Waals surface area contributed by atoms with E-state index in [2.05, 4.69) is 67.0 Å². The van der Waals surface area contributed by atoms with Gasteiger partial charge in [0.25, 0.3) is 0 Å². The highest BCUT2D eigenvalue weighted by molar-refractivity contribution is 5.84. The number of aromatic nitrogens is 1. The Hall–Kier alpha value is -1.72. The van der Waals surface area contributed by atoms with Crippen molar-refractivity contribution in [2.45, 2.75) is 52.1 Å². The molecule has 21 heavy (non-hydrogen) atoms. The van der Waals surface area contributed by atoms with Gasteiger partial charge in [-0.15, -0.1) is 6.42 Å². The zero-order valence-corrected chi connectivity index (χ0v) is 13.4. The molecule has 1 heterocycles. The molecule has 0 spiro atoms. The molecular formula is C19H26N2. The number of rotatable bonds is 6. The van der Waals surface area contributed by atoms with Crippen molar-refractivity contribution in [3.63, 3.8) is 0 Å². The largest absolute Gasteiger partial charge is 0.336 e. The van der Waals surface area contributed by atoms with Gasteiger partial charge < -0.3 is 9.88 Å². The Morgan fingerprint density at radius 1 is 1.19 bits per heavy atom. The van der Waals surface area contributed by atoms with E-state index in [0.717, 1.165) is 13.0 Å². The van der Waals surface area contributed by atoms with Crippen LogP contribution in [0.3, 0.4) is 0 Å². The first kappa shape index (κ1) is 15.7. The van der Waals surface area contributed by atoms with Crippen LogP contribution in [0.4, 0.5) is 0 Å². The van der Waals surface area contributed by atoms with Gasteiger partial charge in [-0.25, -0.2) is 0 Å². The summed E-state index contributed by atoms with van der Waals surface area (Å²) in [5, 5.41) is 4.88.